The van der Waals surface area contributed by atoms with Gasteiger partial charge in [0.05, 0.1) is 13.1 Å². The van der Waals surface area contributed by atoms with Gasteiger partial charge in [-0.05, 0) is 43.5 Å². The van der Waals surface area contributed by atoms with E-state index in [0.717, 1.165) is 68.2 Å². The molecule has 0 bridgehead atoms. The average molecular weight is 447 g/mol. The van der Waals surface area contributed by atoms with Gasteiger partial charge >= 0.3 is 0 Å². The number of nitrogens with zero attached hydrogens (tertiary/aromatic N) is 2. The molecule has 4 N–H and O–H groups in total. The second-order valence-corrected chi connectivity index (χ2v) is 8.04. The lowest BCUT2D eigenvalue weighted by molar-refractivity contribution is 0.0947. The van der Waals surface area contributed by atoms with E-state index in [1.807, 2.05) is 48.5 Å². The highest BCUT2D eigenvalue weighted by Crippen LogP contribution is 2.08. The Morgan fingerprint density at radius 3 is 1.45 bits per heavy atom. The number of hydrogen-bond donors (Lipinski definition) is 4. The van der Waals surface area contributed by atoms with Crippen LogP contribution >= 0.6 is 0 Å². The van der Waals surface area contributed by atoms with Crippen LogP contribution in [0, 0.1) is 0 Å². The van der Waals surface area contributed by atoms with E-state index < -0.39 is 0 Å². The number of amides is 2. The summed E-state index contributed by atoms with van der Waals surface area (Å²) in [6.07, 6.45) is 2.66. The average Bonchev–Trinajstić information content (AvgIpc) is 3.58. The molecule has 0 aliphatic carbocycles. The van der Waals surface area contributed by atoms with Crippen LogP contribution in [0.3, 0.4) is 0 Å². The highest BCUT2D eigenvalue weighted by atomic mass is 16.2. The molecule has 2 aliphatic rings. The minimum absolute atomic E-state index is 0.0709. The predicted octanol–water partition coefficient (Wildman–Crippen LogP) is 1.72. The third kappa shape index (κ3) is 6.19. The Labute approximate surface area is 194 Å². The number of carbonyl (C=O) groups excluding carboxylic acids is 2. The van der Waals surface area contributed by atoms with Crippen molar-refractivity contribution in [2.75, 3.05) is 39.3 Å². The summed E-state index contributed by atoms with van der Waals surface area (Å²) in [7, 11) is 0. The fourth-order valence-corrected chi connectivity index (χ4v) is 3.78. The van der Waals surface area contributed by atoms with Gasteiger partial charge in [-0.2, -0.15) is 0 Å². The molecule has 172 valence electrons. The van der Waals surface area contributed by atoms with E-state index in [0.29, 0.717) is 24.2 Å². The molecule has 33 heavy (non-hydrogen) atoms. The summed E-state index contributed by atoms with van der Waals surface area (Å²) in [6.45, 7) is 4.54. The first kappa shape index (κ1) is 22.5. The lowest BCUT2D eigenvalue weighted by atomic mass is 10.1. The van der Waals surface area contributed by atoms with Gasteiger partial charge in [-0.15, -0.1) is 0 Å². The maximum absolute atomic E-state index is 12.3. The van der Waals surface area contributed by atoms with E-state index in [1.54, 1.807) is 0 Å². The molecular weight excluding hydrogens is 416 g/mol. The summed E-state index contributed by atoms with van der Waals surface area (Å²) in [6, 6.07) is 15.0. The van der Waals surface area contributed by atoms with Crippen LogP contribution in [0.4, 0.5) is 0 Å². The molecule has 0 aromatic heterocycles. The number of nitrogens with one attached hydrogen (secondary N) is 4. The number of hydrogen-bond acceptors (Lipinski definition) is 6. The van der Waals surface area contributed by atoms with E-state index in [9.17, 15) is 9.59 Å². The third-order valence-corrected chi connectivity index (χ3v) is 5.61. The Bertz CT molecular complexity index is 944. The zero-order valence-electron chi connectivity index (χ0n) is 18.7. The standard InChI is InChI=1S/C25H30N6O2/c32-24(20-8-4-18(5-9-20)22-26-14-15-27-22)30-12-2-1-3-13-31-25(33)21-10-6-19(7-11-21)23-28-16-17-29-23/h4-11H,1-3,12-17H2,(H,26,27)(H,28,29)(H,30,32)(H,31,33). The van der Waals surface area contributed by atoms with Crippen molar-refractivity contribution in [1.29, 1.82) is 0 Å². The smallest absolute Gasteiger partial charge is 0.251 e. The minimum atomic E-state index is -0.0709. The van der Waals surface area contributed by atoms with Gasteiger partial charge in [0.25, 0.3) is 11.8 Å². The van der Waals surface area contributed by atoms with E-state index in [4.69, 9.17) is 0 Å². The molecule has 0 saturated carbocycles. The van der Waals surface area contributed by atoms with E-state index >= 15 is 0 Å². The van der Waals surface area contributed by atoms with Crippen LogP contribution in [-0.2, 0) is 0 Å². The predicted molar refractivity (Wildman–Crippen MR) is 130 cm³/mol. The zero-order valence-corrected chi connectivity index (χ0v) is 18.7. The van der Waals surface area contributed by atoms with Gasteiger partial charge in [0.2, 0.25) is 0 Å². The maximum Gasteiger partial charge on any atom is 0.251 e. The SMILES string of the molecule is O=C(NCCCCCNC(=O)c1ccc(C2=NCCN2)cc1)c1ccc(C2=NCCN2)cc1. The highest BCUT2D eigenvalue weighted by Gasteiger charge is 2.11. The molecule has 2 aromatic carbocycles. The summed E-state index contributed by atoms with van der Waals surface area (Å²) in [5.41, 5.74) is 3.29. The van der Waals surface area contributed by atoms with Crippen molar-refractivity contribution >= 4 is 23.5 Å². The first-order valence-corrected chi connectivity index (χ1v) is 11.5. The molecular formula is C25H30N6O2. The van der Waals surface area contributed by atoms with Crippen LogP contribution in [0.1, 0.15) is 51.1 Å². The van der Waals surface area contributed by atoms with Gasteiger partial charge in [0.15, 0.2) is 0 Å². The van der Waals surface area contributed by atoms with Crippen molar-refractivity contribution in [3.8, 4) is 0 Å². The van der Waals surface area contributed by atoms with Crippen LogP contribution < -0.4 is 21.3 Å². The van der Waals surface area contributed by atoms with Gasteiger partial charge in [0.1, 0.15) is 11.7 Å². The van der Waals surface area contributed by atoms with Gasteiger partial charge < -0.3 is 21.3 Å². The summed E-state index contributed by atoms with van der Waals surface area (Å²) in [4.78, 5) is 33.4. The number of benzene rings is 2. The summed E-state index contributed by atoms with van der Waals surface area (Å²) in [5.74, 6) is 1.64. The Morgan fingerprint density at radius 2 is 1.09 bits per heavy atom. The van der Waals surface area contributed by atoms with Gasteiger partial charge in [-0.1, -0.05) is 24.3 Å². The fourth-order valence-electron chi connectivity index (χ4n) is 3.78. The lowest BCUT2D eigenvalue weighted by Crippen LogP contribution is -2.26. The molecule has 2 aliphatic heterocycles. The molecule has 8 nitrogen and oxygen atoms in total. The van der Waals surface area contributed by atoms with Crippen molar-refractivity contribution in [3.63, 3.8) is 0 Å². The number of carbonyl (C=O) groups is 2. The molecule has 0 spiro atoms. The van der Waals surface area contributed by atoms with Crippen molar-refractivity contribution in [2.45, 2.75) is 19.3 Å². The van der Waals surface area contributed by atoms with Crippen LogP contribution in [0.5, 0.6) is 0 Å². The Balaban J connectivity index is 1.09. The first-order chi connectivity index (χ1) is 16.2. The molecule has 4 rings (SSSR count). The zero-order chi connectivity index (χ0) is 22.9. The number of unbranched alkanes of at least 4 members (excludes halogenated alkanes) is 2. The fraction of sp³-hybridized carbons (Fsp3) is 0.360. The van der Waals surface area contributed by atoms with E-state index in [1.165, 1.54) is 0 Å². The second-order valence-electron chi connectivity index (χ2n) is 8.04. The van der Waals surface area contributed by atoms with Crippen LogP contribution in [-0.4, -0.2) is 62.8 Å². The lowest BCUT2D eigenvalue weighted by Gasteiger charge is -2.08. The molecule has 8 heteroatoms. The van der Waals surface area contributed by atoms with Crippen molar-refractivity contribution in [3.05, 3.63) is 70.8 Å². The number of rotatable bonds is 10. The quantitative estimate of drug-likeness (QED) is 0.417. The minimum Gasteiger partial charge on any atom is -0.368 e. The Morgan fingerprint density at radius 1 is 0.667 bits per heavy atom. The molecule has 0 radical (unpaired) electrons. The van der Waals surface area contributed by atoms with Gasteiger partial charge in [0, 0.05) is 48.4 Å². The monoisotopic (exact) mass is 446 g/mol. The van der Waals surface area contributed by atoms with Gasteiger partial charge in [-0.25, -0.2) is 0 Å². The summed E-state index contributed by atoms with van der Waals surface area (Å²) >= 11 is 0. The Hall–Kier alpha value is -3.68. The van der Waals surface area contributed by atoms with Gasteiger partial charge in [-0.3, -0.25) is 19.6 Å². The third-order valence-electron chi connectivity index (χ3n) is 5.61. The second kappa shape index (κ2) is 11.3. The largest absolute Gasteiger partial charge is 0.368 e. The van der Waals surface area contributed by atoms with Crippen LogP contribution in [0.25, 0.3) is 0 Å². The molecule has 0 atom stereocenters. The maximum atomic E-state index is 12.3. The van der Waals surface area contributed by atoms with Crippen molar-refractivity contribution in [1.82, 2.24) is 21.3 Å². The molecule has 2 heterocycles. The molecule has 0 fully saturated rings. The topological polar surface area (TPSA) is 107 Å². The highest BCUT2D eigenvalue weighted by molar-refractivity contribution is 6.02. The van der Waals surface area contributed by atoms with Crippen molar-refractivity contribution in [2.24, 2.45) is 9.98 Å². The summed E-state index contributed by atoms with van der Waals surface area (Å²) < 4.78 is 0. The Kier molecular flexibility index (Phi) is 7.68. The molecule has 0 saturated heterocycles. The van der Waals surface area contributed by atoms with E-state index in [-0.39, 0.29) is 11.8 Å². The number of aliphatic imine (C=N–C) groups is 2. The van der Waals surface area contributed by atoms with Crippen LogP contribution in [0.15, 0.2) is 58.5 Å². The number of amidine groups is 2. The molecule has 2 aromatic rings. The summed E-state index contributed by atoms with van der Waals surface area (Å²) in [5, 5.41) is 12.4. The molecule has 0 unspecified atom stereocenters. The van der Waals surface area contributed by atoms with E-state index in [2.05, 4.69) is 31.3 Å². The molecule has 2 amide bonds. The first-order valence-electron chi connectivity index (χ1n) is 11.5. The van der Waals surface area contributed by atoms with Crippen LogP contribution in [0.2, 0.25) is 0 Å². The van der Waals surface area contributed by atoms with Crippen molar-refractivity contribution < 1.29 is 9.59 Å². The normalized spacial score (nSPS) is 14.7.